The van der Waals surface area contributed by atoms with Crippen LogP contribution in [0.5, 0.6) is 0 Å². The first-order chi connectivity index (χ1) is 23.5. The van der Waals surface area contributed by atoms with E-state index < -0.39 is 16.1 Å². The quantitative estimate of drug-likeness (QED) is 0.0576. The van der Waals surface area contributed by atoms with E-state index in [1.165, 1.54) is 21.2 Å². The van der Waals surface area contributed by atoms with E-state index >= 15 is 0 Å². The topological polar surface area (TPSA) is 12.0 Å². The van der Waals surface area contributed by atoms with E-state index in [1.54, 1.807) is 0 Å². The van der Waals surface area contributed by atoms with Crippen molar-refractivity contribution < 1.29 is 44.8 Å². The van der Waals surface area contributed by atoms with E-state index in [2.05, 4.69) is 138 Å². The van der Waals surface area contributed by atoms with Gasteiger partial charge in [0.2, 0.25) is 0 Å². The van der Waals surface area contributed by atoms with Gasteiger partial charge < -0.3 is 0 Å². The van der Waals surface area contributed by atoms with Crippen molar-refractivity contribution in [2.45, 2.75) is 0 Å². The minimum absolute atomic E-state index is 0. The molecule has 51 heavy (non-hydrogen) atoms. The number of hydrogen-bond acceptors (Lipinski definition) is 1. The van der Waals surface area contributed by atoms with E-state index in [9.17, 15) is 0 Å². The van der Waals surface area contributed by atoms with Gasteiger partial charge in [0.05, 0.1) is 0 Å². The third-order valence-corrected chi connectivity index (χ3v) is 15.3. The molecule has 0 aliphatic rings. The molecular formula is C36H21Au2Cl10NP2. The van der Waals surface area contributed by atoms with Crippen molar-refractivity contribution in [3.63, 3.8) is 0 Å². The molecule has 6 aromatic rings. The molecule has 0 aliphatic heterocycles. The van der Waals surface area contributed by atoms with Gasteiger partial charge in [0, 0.05) is 16.1 Å². The normalized spacial score (nSPS) is 10.3. The standard InChI is InChI=1S/C24H21NP2.2C6Cl5.2Au/c1-5-13-21(14-6-1)26(22-15-7-2-8-16-22)25-27(23-17-9-3-10-18-23)24-19-11-4-12-20-24;2*7-2-1-3(8)5(10)6(11)4(2)9;;/h1-20,25H;;;;/q;2*-1;2*+1. The van der Waals surface area contributed by atoms with Gasteiger partial charge in [-0.2, -0.15) is 46.4 Å². The Hall–Kier alpha value is 0.521. The number of rotatable bonds is 6. The van der Waals surface area contributed by atoms with Crippen molar-refractivity contribution >= 4 is 153 Å². The molecule has 0 saturated heterocycles. The van der Waals surface area contributed by atoms with Crippen molar-refractivity contribution in [3.05, 3.63) is 184 Å². The summed E-state index contributed by atoms with van der Waals surface area (Å²) in [5.74, 6) is 0. The van der Waals surface area contributed by atoms with Gasteiger partial charge in [-0.05, 0) is 51.4 Å². The molecule has 15 heteroatoms. The molecule has 0 saturated carbocycles. The Kier molecular flexibility index (Phi) is 22.6. The van der Waals surface area contributed by atoms with Gasteiger partial charge in [0.1, 0.15) is 0 Å². The third kappa shape index (κ3) is 13.9. The van der Waals surface area contributed by atoms with Crippen molar-refractivity contribution in [1.29, 1.82) is 0 Å². The summed E-state index contributed by atoms with van der Waals surface area (Å²) in [5.41, 5.74) is 0. The van der Waals surface area contributed by atoms with E-state index in [0.717, 1.165) is 0 Å². The Balaban J connectivity index is 0.000000312. The van der Waals surface area contributed by atoms with Gasteiger partial charge in [0.25, 0.3) is 0 Å². The fourth-order valence-electron chi connectivity index (χ4n) is 3.93. The fourth-order valence-corrected chi connectivity index (χ4v) is 11.1. The maximum atomic E-state index is 5.64. The minimum Gasteiger partial charge on any atom is -0.259 e. The van der Waals surface area contributed by atoms with Crippen molar-refractivity contribution in [2.75, 3.05) is 0 Å². The van der Waals surface area contributed by atoms with Gasteiger partial charge in [-0.1, -0.05) is 141 Å². The molecule has 0 spiro atoms. The molecule has 6 aromatic carbocycles. The van der Waals surface area contributed by atoms with Crippen LogP contribution in [0.2, 0.25) is 50.2 Å². The number of hydrogen-bond donors (Lipinski definition) is 1. The molecule has 0 radical (unpaired) electrons. The monoisotopic (exact) mass is 1270 g/mol. The van der Waals surface area contributed by atoms with Crippen LogP contribution in [0.4, 0.5) is 0 Å². The third-order valence-electron chi connectivity index (χ3n) is 6.24. The van der Waals surface area contributed by atoms with Crippen molar-refractivity contribution in [1.82, 2.24) is 4.86 Å². The Morgan fingerprint density at radius 2 is 0.510 bits per heavy atom. The van der Waals surface area contributed by atoms with E-state index in [-0.39, 0.29) is 95.0 Å². The number of halogens is 10. The van der Waals surface area contributed by atoms with Gasteiger partial charge in [0.15, 0.2) is 0 Å². The van der Waals surface area contributed by atoms with Crippen LogP contribution in [0.15, 0.2) is 121 Å². The summed E-state index contributed by atoms with van der Waals surface area (Å²) < 4.78 is 0. The van der Waals surface area contributed by atoms with Crippen LogP contribution in [0.1, 0.15) is 0 Å². The largest absolute Gasteiger partial charge is 1.00 e. The second-order valence-corrected chi connectivity index (χ2v) is 17.5. The summed E-state index contributed by atoms with van der Waals surface area (Å²) in [6.07, 6.45) is 0. The maximum Gasteiger partial charge on any atom is 1.00 e. The zero-order valence-corrected chi connectivity index (χ0v) is 39.0. The molecule has 1 nitrogen and oxygen atoms in total. The molecule has 0 heterocycles. The van der Waals surface area contributed by atoms with Crippen LogP contribution in [-0.2, 0) is 44.8 Å². The molecule has 0 unspecified atom stereocenters. The molecule has 0 aliphatic carbocycles. The molecule has 6 rings (SSSR count). The van der Waals surface area contributed by atoms with Gasteiger partial charge in [-0.3, -0.25) is 4.86 Å². The second-order valence-electron chi connectivity index (χ2n) is 9.50. The Labute approximate surface area is 382 Å². The Morgan fingerprint density at radius 3 is 0.706 bits per heavy atom. The van der Waals surface area contributed by atoms with Gasteiger partial charge >= 0.3 is 44.8 Å². The van der Waals surface area contributed by atoms with Crippen LogP contribution >= 0.6 is 132 Å². The van der Waals surface area contributed by atoms with Gasteiger partial charge in [-0.15, -0.1) is 81.7 Å². The van der Waals surface area contributed by atoms with Gasteiger partial charge in [-0.25, -0.2) is 0 Å². The number of benzene rings is 6. The average molecular weight is 1280 g/mol. The molecule has 0 amide bonds. The second kappa shape index (κ2) is 24.2. The summed E-state index contributed by atoms with van der Waals surface area (Å²) in [7, 11) is -1.32. The molecule has 0 fully saturated rings. The smallest absolute Gasteiger partial charge is 0.259 e. The Bertz CT molecular complexity index is 1690. The summed E-state index contributed by atoms with van der Waals surface area (Å²) in [4.78, 5) is 4.05. The molecule has 0 atom stereocenters. The zero-order chi connectivity index (χ0) is 35.5. The maximum absolute atomic E-state index is 5.64. The summed E-state index contributed by atoms with van der Waals surface area (Å²) in [6.45, 7) is 0. The van der Waals surface area contributed by atoms with E-state index in [0.29, 0.717) is 0 Å². The van der Waals surface area contributed by atoms with Crippen LogP contribution in [0.3, 0.4) is 0 Å². The molecule has 0 aromatic heterocycles. The minimum atomic E-state index is -0.659. The van der Waals surface area contributed by atoms with Crippen molar-refractivity contribution in [3.8, 4) is 0 Å². The summed E-state index contributed by atoms with van der Waals surface area (Å²) >= 11 is 56.0. The van der Waals surface area contributed by atoms with Crippen LogP contribution in [0, 0.1) is 12.1 Å². The average Bonchev–Trinajstić information content (AvgIpc) is 3.14. The van der Waals surface area contributed by atoms with Crippen LogP contribution in [-0.4, -0.2) is 0 Å². The van der Waals surface area contributed by atoms with Crippen molar-refractivity contribution in [2.24, 2.45) is 0 Å². The molecule has 1 N–H and O–H groups in total. The SMILES string of the molecule is Clc1[c-]c(Cl)c(Cl)c(Cl)c1Cl.Clc1[c-]c(Cl)c(Cl)c(Cl)c1Cl.[Au+].[Au+].c1ccc(P(NP(c2ccccc2)c2ccccc2)c2ccccc2)cc1. The summed E-state index contributed by atoms with van der Waals surface area (Å²) in [5, 5.41) is 7.06. The predicted molar refractivity (Wildman–Crippen MR) is 222 cm³/mol. The Morgan fingerprint density at radius 1 is 0.314 bits per heavy atom. The van der Waals surface area contributed by atoms with Crippen LogP contribution in [0.25, 0.3) is 0 Å². The van der Waals surface area contributed by atoms with E-state index in [4.69, 9.17) is 116 Å². The molecule has 0 bridgehead atoms. The molecular weight excluding hydrogens is 1260 g/mol. The predicted octanol–water partition coefficient (Wildman–Crippen LogP) is 14.2. The molecule has 272 valence electrons. The summed E-state index contributed by atoms with van der Waals surface area (Å²) in [6, 6.07) is 48.3. The van der Waals surface area contributed by atoms with E-state index in [1.807, 2.05) is 0 Å². The number of nitrogens with one attached hydrogen (secondary N) is 1. The first-order valence-electron chi connectivity index (χ1n) is 13.9. The fraction of sp³-hybridized carbons (Fsp3) is 0. The van der Waals surface area contributed by atoms with Crippen LogP contribution < -0.4 is 26.1 Å². The zero-order valence-electron chi connectivity index (χ0n) is 25.3. The first-order valence-corrected chi connectivity index (χ1v) is 20.3. The first kappa shape index (κ1) is 47.7.